The monoisotopic (exact) mass is 206 g/mol. The number of hydrogen-bond donors (Lipinski definition) is 2. The van der Waals surface area contributed by atoms with Crippen LogP contribution < -0.4 is 0 Å². The van der Waals surface area contributed by atoms with E-state index in [1.165, 1.54) is 0 Å². The lowest BCUT2D eigenvalue weighted by Gasteiger charge is -2.27. The molecule has 0 atom stereocenters. The van der Waals surface area contributed by atoms with Gasteiger partial charge >= 0.3 is 6.41 Å². The average molecular weight is 206 g/mol. The van der Waals surface area contributed by atoms with Crippen LogP contribution in [0.5, 0.6) is 0 Å². The van der Waals surface area contributed by atoms with Gasteiger partial charge in [-0.1, -0.05) is 0 Å². The van der Waals surface area contributed by atoms with Crippen LogP contribution in [-0.4, -0.2) is 54.6 Å². The molecule has 0 aliphatic heterocycles. The van der Waals surface area contributed by atoms with Gasteiger partial charge in [-0.2, -0.15) is 0 Å². The quantitative estimate of drug-likeness (QED) is 0.546. The number of rotatable bonds is 9. The molecule has 0 aromatic rings. The third kappa shape index (κ3) is 5.51. The van der Waals surface area contributed by atoms with Gasteiger partial charge in [0.15, 0.2) is 0 Å². The second kappa shape index (κ2) is 9.36. The Balaban J connectivity index is 4.06. The van der Waals surface area contributed by atoms with Crippen molar-refractivity contribution in [1.29, 1.82) is 0 Å². The van der Waals surface area contributed by atoms with E-state index < -0.39 is 0 Å². The summed E-state index contributed by atoms with van der Waals surface area (Å²) in [6.45, 7) is 5.52. The normalized spacial score (nSPS) is 11.6. The molecule has 0 rings (SSSR count). The molecule has 0 aliphatic carbocycles. The van der Waals surface area contributed by atoms with Crippen LogP contribution in [0, 0.1) is 6.41 Å². The molecule has 5 heteroatoms. The topological polar surface area (TPSA) is 62.2 Å². The smallest absolute Gasteiger partial charge is 0.303 e. The van der Waals surface area contributed by atoms with Crippen molar-refractivity contribution in [3.05, 3.63) is 6.41 Å². The molecule has 85 valence electrons. The van der Waals surface area contributed by atoms with E-state index in [1.807, 2.05) is 13.8 Å². The zero-order valence-electron chi connectivity index (χ0n) is 8.90. The van der Waals surface area contributed by atoms with E-state index in [2.05, 4.69) is 0 Å². The van der Waals surface area contributed by atoms with Crippen LogP contribution in [0.1, 0.15) is 13.8 Å². The van der Waals surface area contributed by atoms with Crippen LogP contribution in [0.2, 0.25) is 0 Å². The summed E-state index contributed by atoms with van der Waals surface area (Å²) >= 11 is 0. The molecule has 0 heterocycles. The van der Waals surface area contributed by atoms with Gasteiger partial charge in [-0.05, 0) is 13.8 Å². The van der Waals surface area contributed by atoms with Crippen molar-refractivity contribution in [2.24, 2.45) is 0 Å². The predicted octanol–water partition coefficient (Wildman–Crippen LogP) is -0.207. The minimum atomic E-state index is 0.00362. The number of hydrogen-bond acceptors (Lipinski definition) is 5. The van der Waals surface area contributed by atoms with Gasteiger partial charge in [0.1, 0.15) is 0 Å². The Morgan fingerprint density at radius 1 is 1.00 bits per heavy atom. The Bertz CT molecular complexity index is 97.4. The van der Waals surface area contributed by atoms with Crippen molar-refractivity contribution >= 4 is 0 Å². The van der Waals surface area contributed by atoms with Gasteiger partial charge in [-0.3, -0.25) is 0 Å². The van der Waals surface area contributed by atoms with E-state index >= 15 is 0 Å². The van der Waals surface area contributed by atoms with Crippen molar-refractivity contribution in [2.45, 2.75) is 13.8 Å². The summed E-state index contributed by atoms with van der Waals surface area (Å²) in [6, 6.07) is 0. The van der Waals surface area contributed by atoms with Crippen molar-refractivity contribution in [3.8, 4) is 0 Å². The summed E-state index contributed by atoms with van der Waals surface area (Å²) in [5.41, 5.74) is 0. The van der Waals surface area contributed by atoms with Crippen molar-refractivity contribution < 1.29 is 19.7 Å². The first-order chi connectivity index (χ1) is 6.79. The number of aliphatic hydroxyl groups is 2. The molecular formula is C9H20NO4. The summed E-state index contributed by atoms with van der Waals surface area (Å²) in [7, 11) is 0. The summed E-state index contributed by atoms with van der Waals surface area (Å²) < 4.78 is 10.5. The molecule has 1 radical (unpaired) electrons. The van der Waals surface area contributed by atoms with Crippen LogP contribution in [0.15, 0.2) is 0 Å². The number of aliphatic hydroxyl groups excluding tert-OH is 2. The first kappa shape index (κ1) is 13.8. The van der Waals surface area contributed by atoms with Crippen molar-refractivity contribution in [3.63, 3.8) is 0 Å². The summed E-state index contributed by atoms with van der Waals surface area (Å²) in [4.78, 5) is 1.67. The van der Waals surface area contributed by atoms with Crippen LogP contribution in [-0.2, 0) is 9.47 Å². The molecule has 0 saturated carbocycles. The molecule has 0 fully saturated rings. The Labute approximate surface area is 85.2 Å². The zero-order valence-corrected chi connectivity index (χ0v) is 8.90. The standard InChI is InChI=1S/C9H20NO4/c1-3-13-9(14-4-2)10(5-7-11)6-8-12/h11-12H,3-8H2,1-2H3. The lowest BCUT2D eigenvalue weighted by molar-refractivity contribution is -0.125. The van der Waals surface area contributed by atoms with Crippen LogP contribution in [0.4, 0.5) is 0 Å². The molecule has 0 saturated heterocycles. The minimum absolute atomic E-state index is 0.00362. The molecule has 0 amide bonds. The van der Waals surface area contributed by atoms with Gasteiger partial charge in [0, 0.05) is 26.3 Å². The fourth-order valence-corrected chi connectivity index (χ4v) is 1.01. The van der Waals surface area contributed by atoms with Crippen LogP contribution in [0.25, 0.3) is 0 Å². The highest BCUT2D eigenvalue weighted by Gasteiger charge is 2.20. The highest BCUT2D eigenvalue weighted by Crippen LogP contribution is 2.11. The molecule has 0 aliphatic rings. The maximum Gasteiger partial charge on any atom is 0.303 e. The van der Waals surface area contributed by atoms with E-state index in [4.69, 9.17) is 19.7 Å². The van der Waals surface area contributed by atoms with Crippen molar-refractivity contribution in [2.75, 3.05) is 39.5 Å². The SMILES string of the molecule is CCO[C](OCC)N(CCO)CCO. The molecule has 0 bridgehead atoms. The third-order valence-corrected chi connectivity index (χ3v) is 1.53. The maximum absolute atomic E-state index is 8.80. The molecular weight excluding hydrogens is 186 g/mol. The molecule has 0 aromatic heterocycles. The summed E-state index contributed by atoms with van der Waals surface area (Å²) in [5.74, 6) is 0. The largest absolute Gasteiger partial charge is 0.395 e. The molecule has 0 spiro atoms. The highest BCUT2D eigenvalue weighted by atomic mass is 16.7. The Kier molecular flexibility index (Phi) is 9.23. The van der Waals surface area contributed by atoms with Gasteiger partial charge in [-0.25, -0.2) is 4.90 Å². The van der Waals surface area contributed by atoms with Crippen molar-refractivity contribution in [1.82, 2.24) is 4.90 Å². The lowest BCUT2D eigenvalue weighted by atomic mass is 10.5. The molecule has 0 unspecified atom stereocenters. The van der Waals surface area contributed by atoms with E-state index in [9.17, 15) is 0 Å². The average Bonchev–Trinajstić information content (AvgIpc) is 2.17. The van der Waals surface area contributed by atoms with Gasteiger partial charge in [0.05, 0.1) is 13.2 Å². The highest BCUT2D eigenvalue weighted by molar-refractivity contribution is 4.69. The summed E-state index contributed by atoms with van der Waals surface area (Å²) in [6.07, 6.45) is 0.373. The van der Waals surface area contributed by atoms with Gasteiger partial charge in [0.2, 0.25) is 0 Å². The second-order valence-electron chi connectivity index (χ2n) is 2.57. The van der Waals surface area contributed by atoms with E-state index in [0.29, 0.717) is 32.7 Å². The first-order valence-electron chi connectivity index (χ1n) is 4.89. The fourth-order valence-electron chi connectivity index (χ4n) is 1.01. The molecule has 2 N–H and O–H groups in total. The third-order valence-electron chi connectivity index (χ3n) is 1.53. The zero-order chi connectivity index (χ0) is 10.8. The van der Waals surface area contributed by atoms with Gasteiger partial charge in [-0.15, -0.1) is 0 Å². The van der Waals surface area contributed by atoms with E-state index in [1.54, 1.807) is 4.90 Å². The summed E-state index contributed by atoms with van der Waals surface area (Å²) in [5, 5.41) is 17.6. The molecule has 14 heavy (non-hydrogen) atoms. The fraction of sp³-hybridized carbons (Fsp3) is 0.889. The van der Waals surface area contributed by atoms with Gasteiger partial charge < -0.3 is 19.7 Å². The lowest BCUT2D eigenvalue weighted by Crippen LogP contribution is -2.37. The first-order valence-corrected chi connectivity index (χ1v) is 4.89. The predicted molar refractivity (Wildman–Crippen MR) is 52.2 cm³/mol. The number of nitrogens with zero attached hydrogens (tertiary/aromatic N) is 1. The number of ether oxygens (including phenoxy) is 2. The Morgan fingerprint density at radius 3 is 1.71 bits per heavy atom. The minimum Gasteiger partial charge on any atom is -0.395 e. The van der Waals surface area contributed by atoms with E-state index in [0.717, 1.165) is 0 Å². The second-order valence-corrected chi connectivity index (χ2v) is 2.57. The Morgan fingerprint density at radius 2 is 1.43 bits per heavy atom. The van der Waals surface area contributed by atoms with Crippen LogP contribution in [0.3, 0.4) is 0 Å². The molecule has 5 nitrogen and oxygen atoms in total. The molecule has 0 aromatic carbocycles. The van der Waals surface area contributed by atoms with E-state index in [-0.39, 0.29) is 13.2 Å². The Hall–Kier alpha value is -0.200. The van der Waals surface area contributed by atoms with Crippen LogP contribution >= 0.6 is 0 Å². The van der Waals surface area contributed by atoms with Gasteiger partial charge in [0.25, 0.3) is 0 Å². The maximum atomic E-state index is 8.80.